The van der Waals surface area contributed by atoms with Gasteiger partial charge in [0.2, 0.25) is 0 Å². The van der Waals surface area contributed by atoms with E-state index in [9.17, 15) is 0 Å². The first-order valence-electron chi connectivity index (χ1n) is 18.8. The number of hydrogen-bond donors (Lipinski definition) is 3. The summed E-state index contributed by atoms with van der Waals surface area (Å²) in [5.41, 5.74) is 3.74. The fraction of sp³-hybridized carbons (Fsp3) is 0. The third-order valence-electron chi connectivity index (χ3n) is 11.2. The van der Waals surface area contributed by atoms with E-state index in [-0.39, 0.29) is 0 Å². The van der Waals surface area contributed by atoms with E-state index in [1.165, 1.54) is 10.8 Å². The summed E-state index contributed by atoms with van der Waals surface area (Å²) in [6.07, 6.45) is 2.04. The normalized spacial score (nSPS) is 15.0. The molecule has 2 aliphatic rings. The number of nitrogens with one attached hydrogen (secondary N) is 3. The van der Waals surface area contributed by atoms with E-state index >= 15 is 0 Å². The second kappa shape index (κ2) is 12.0. The molecule has 10 aromatic rings. The van der Waals surface area contributed by atoms with Crippen molar-refractivity contribution in [2.24, 2.45) is 25.0 Å². The van der Waals surface area contributed by atoms with Crippen LogP contribution in [0.25, 0.3) is 64.6 Å². The molecule has 0 saturated heterocycles. The highest BCUT2D eigenvalue weighted by atomic mass is 15.1. The average molecular weight is 731 g/mol. The molecule has 0 saturated carbocycles. The lowest BCUT2D eigenvalue weighted by Gasteiger charge is -2.08. The predicted molar refractivity (Wildman–Crippen MR) is 238 cm³/mol. The first-order valence-corrected chi connectivity index (χ1v) is 18.8. The summed E-state index contributed by atoms with van der Waals surface area (Å²) in [4.78, 5) is 32.0. The van der Waals surface area contributed by atoms with Gasteiger partial charge in [0.05, 0.1) is 0 Å². The van der Waals surface area contributed by atoms with Crippen molar-refractivity contribution in [3.8, 4) is 0 Å². The average Bonchev–Trinajstić information content (AvgIpc) is 3.99. The molecular weight excluding hydrogens is 701 g/mol. The number of fused-ring (bicyclic) bond motifs is 8. The van der Waals surface area contributed by atoms with E-state index in [2.05, 4.69) is 160 Å². The summed E-state index contributed by atoms with van der Waals surface area (Å²) >= 11 is 0. The van der Waals surface area contributed by atoms with Crippen LogP contribution in [0.4, 0.5) is 17.5 Å². The first kappa shape index (κ1) is 31.4. The van der Waals surface area contributed by atoms with Gasteiger partial charge in [-0.05, 0) is 98.3 Å². The lowest BCUT2D eigenvalue weighted by atomic mass is 10.0. The maximum absolute atomic E-state index is 5.33. The lowest BCUT2D eigenvalue weighted by molar-refractivity contribution is 1.29. The topological polar surface area (TPSA) is 105 Å². The number of hydrogen-bond acceptors (Lipinski definition) is 4. The van der Waals surface area contributed by atoms with Crippen molar-refractivity contribution in [3.05, 3.63) is 174 Å². The second-order valence-electron chi connectivity index (χ2n) is 14.6. The molecule has 0 radical (unpaired) electrons. The standard InChI is InChI=1S/C49H30N8/c1-50-43-37-20-29-12-4-5-13-30(29)21-38(37)45(52-43)54-47-41-24-33-16-8-9-17-34(33)25-42(41)49(56-47)57-48-40-23-32-15-7-6-14-31(32)22-39(40)46(55-48)53-44-36-19-28-11-3-2-10-27(28)18-35(36)26-51-44/h2-26,51,56H,1H2,(H,53,55,57). The second-order valence-corrected chi connectivity index (χ2v) is 14.6. The van der Waals surface area contributed by atoms with Gasteiger partial charge in [-0.15, -0.1) is 0 Å². The zero-order valence-electron chi connectivity index (χ0n) is 30.4. The Bertz CT molecular complexity index is 3520. The summed E-state index contributed by atoms with van der Waals surface area (Å²) in [7, 11) is 0. The maximum Gasteiger partial charge on any atom is 0.164 e. The van der Waals surface area contributed by atoms with Gasteiger partial charge in [0.15, 0.2) is 17.5 Å². The van der Waals surface area contributed by atoms with Gasteiger partial charge in [-0.25, -0.2) is 25.0 Å². The van der Waals surface area contributed by atoms with Gasteiger partial charge in [-0.2, -0.15) is 0 Å². The zero-order chi connectivity index (χ0) is 37.6. The summed E-state index contributed by atoms with van der Waals surface area (Å²) < 4.78 is 0. The van der Waals surface area contributed by atoms with Gasteiger partial charge >= 0.3 is 0 Å². The van der Waals surface area contributed by atoms with Crippen LogP contribution in [0.1, 0.15) is 22.3 Å². The molecule has 8 aromatic carbocycles. The number of benzene rings is 8. The molecule has 8 heteroatoms. The Kier molecular flexibility index (Phi) is 6.62. The molecule has 0 fully saturated rings. The molecule has 3 N–H and O–H groups in total. The molecule has 2 aliphatic heterocycles. The van der Waals surface area contributed by atoms with E-state index in [1.807, 2.05) is 18.3 Å². The monoisotopic (exact) mass is 730 g/mol. The molecule has 0 amide bonds. The molecule has 8 nitrogen and oxygen atoms in total. The minimum atomic E-state index is 0.559. The van der Waals surface area contributed by atoms with Gasteiger partial charge in [-0.3, -0.25) is 0 Å². The number of amidine groups is 4. The minimum Gasteiger partial charge on any atom is -0.347 e. The summed E-state index contributed by atoms with van der Waals surface area (Å²) in [5, 5.41) is 16.8. The number of aromatic nitrogens is 2. The van der Waals surface area contributed by atoms with Crippen molar-refractivity contribution in [1.29, 1.82) is 0 Å². The number of anilines is 1. The Morgan fingerprint density at radius 2 is 0.895 bits per heavy atom. The highest BCUT2D eigenvalue weighted by Crippen LogP contribution is 2.40. The fourth-order valence-electron chi connectivity index (χ4n) is 8.38. The molecule has 0 atom stereocenters. The van der Waals surface area contributed by atoms with E-state index in [0.717, 1.165) is 87.8 Å². The van der Waals surface area contributed by atoms with Crippen LogP contribution in [0.15, 0.2) is 177 Å². The lowest BCUT2D eigenvalue weighted by Crippen LogP contribution is -2.12. The maximum atomic E-state index is 5.33. The zero-order valence-corrected chi connectivity index (χ0v) is 30.4. The molecular formula is C49H30N8. The van der Waals surface area contributed by atoms with Gasteiger partial charge in [-0.1, -0.05) is 97.1 Å². The van der Waals surface area contributed by atoms with E-state index in [0.29, 0.717) is 29.1 Å². The Hall–Kier alpha value is -7.97. The number of nitrogens with zero attached hydrogens (tertiary/aromatic N) is 5. The van der Waals surface area contributed by atoms with Gasteiger partial charge in [0.1, 0.15) is 23.3 Å². The summed E-state index contributed by atoms with van der Waals surface area (Å²) in [6.45, 7) is 3.82. The van der Waals surface area contributed by atoms with Crippen LogP contribution in [0.3, 0.4) is 0 Å². The predicted octanol–water partition coefficient (Wildman–Crippen LogP) is 11.8. The Morgan fingerprint density at radius 1 is 0.456 bits per heavy atom. The van der Waals surface area contributed by atoms with Crippen molar-refractivity contribution in [2.45, 2.75) is 0 Å². The van der Waals surface area contributed by atoms with Crippen molar-refractivity contribution in [1.82, 2.24) is 9.97 Å². The number of aromatic amines is 2. The quantitative estimate of drug-likeness (QED) is 0.155. The van der Waals surface area contributed by atoms with Crippen LogP contribution in [0.5, 0.6) is 0 Å². The minimum absolute atomic E-state index is 0.559. The third kappa shape index (κ3) is 4.97. The molecule has 266 valence electrons. The van der Waals surface area contributed by atoms with Crippen molar-refractivity contribution < 1.29 is 0 Å². The van der Waals surface area contributed by atoms with E-state index in [4.69, 9.17) is 20.0 Å². The number of rotatable bonds is 3. The van der Waals surface area contributed by atoms with Gasteiger partial charge in [0, 0.05) is 50.0 Å². The Labute approximate surface area is 325 Å². The molecule has 0 spiro atoms. The van der Waals surface area contributed by atoms with Crippen molar-refractivity contribution in [2.75, 3.05) is 5.32 Å². The molecule has 2 aromatic heterocycles. The van der Waals surface area contributed by atoms with Crippen LogP contribution in [-0.2, 0) is 0 Å². The van der Waals surface area contributed by atoms with Crippen LogP contribution in [0.2, 0.25) is 0 Å². The highest BCUT2D eigenvalue weighted by Gasteiger charge is 2.26. The van der Waals surface area contributed by atoms with Crippen LogP contribution in [0, 0.1) is 0 Å². The van der Waals surface area contributed by atoms with Crippen LogP contribution >= 0.6 is 0 Å². The highest BCUT2D eigenvalue weighted by molar-refractivity contribution is 6.29. The van der Waals surface area contributed by atoms with Crippen molar-refractivity contribution in [3.63, 3.8) is 0 Å². The Balaban J connectivity index is 1.04. The van der Waals surface area contributed by atoms with E-state index in [1.54, 1.807) is 0 Å². The third-order valence-corrected chi connectivity index (χ3v) is 11.2. The molecule has 12 rings (SSSR count). The van der Waals surface area contributed by atoms with Crippen LogP contribution < -0.4 is 5.32 Å². The fourth-order valence-corrected chi connectivity index (χ4v) is 8.38. The molecule has 0 unspecified atom stereocenters. The smallest absolute Gasteiger partial charge is 0.164 e. The molecule has 0 aliphatic carbocycles. The van der Waals surface area contributed by atoms with Gasteiger partial charge in [0.25, 0.3) is 0 Å². The first-order chi connectivity index (χ1) is 28.1. The summed E-state index contributed by atoms with van der Waals surface area (Å²) in [6, 6.07) is 50.8. The van der Waals surface area contributed by atoms with E-state index < -0.39 is 0 Å². The number of H-pyrrole nitrogens is 2. The van der Waals surface area contributed by atoms with Gasteiger partial charge < -0.3 is 15.3 Å². The SMILES string of the molecule is C=NC1=NC(=Nc2[nH]c(N=C3N=C(Nc4[nH]cc5cc6ccccc6cc45)c4cc5ccccc5cc43)c3cc4ccccc4cc23)c2cc3ccccc3cc21. The molecule has 57 heavy (non-hydrogen) atoms. The van der Waals surface area contributed by atoms with Crippen LogP contribution in [-0.4, -0.2) is 40.0 Å². The Morgan fingerprint density at radius 3 is 1.44 bits per heavy atom. The number of aliphatic imine (C=N–C) groups is 5. The van der Waals surface area contributed by atoms with Crippen molar-refractivity contribution >= 4 is 112 Å². The molecule has 0 bridgehead atoms. The largest absolute Gasteiger partial charge is 0.347 e. The summed E-state index contributed by atoms with van der Waals surface area (Å²) in [5.74, 6) is 4.65. The molecule has 4 heterocycles.